The van der Waals surface area contributed by atoms with Gasteiger partial charge in [-0.15, -0.1) is 11.3 Å². The predicted molar refractivity (Wildman–Crippen MR) is 96.7 cm³/mol. The molecule has 0 atom stereocenters. The van der Waals surface area contributed by atoms with E-state index in [1.165, 1.54) is 6.07 Å². The zero-order valence-electron chi connectivity index (χ0n) is 13.7. The molecule has 0 aliphatic carbocycles. The van der Waals surface area contributed by atoms with Gasteiger partial charge in [0.25, 0.3) is 17.4 Å². The molecule has 27 heavy (non-hydrogen) atoms. The van der Waals surface area contributed by atoms with Crippen LogP contribution in [0.5, 0.6) is 5.75 Å². The maximum atomic E-state index is 12.3. The van der Waals surface area contributed by atoms with Gasteiger partial charge in [0.05, 0.1) is 11.1 Å². The van der Waals surface area contributed by atoms with Gasteiger partial charge in [-0.3, -0.25) is 14.4 Å². The van der Waals surface area contributed by atoms with Crippen LogP contribution in [-0.2, 0) is 11.3 Å². The number of nitrogens with zero attached hydrogens (tertiary/aromatic N) is 2. The van der Waals surface area contributed by atoms with E-state index >= 15 is 0 Å². The SMILES string of the molecule is N#Cc1cc2c(=O)[nH]c(C(=O)NCc3ccc4c(c3)NC(=O)CO4)nc2s1. The summed E-state index contributed by atoms with van der Waals surface area (Å²) < 4.78 is 5.28. The van der Waals surface area contributed by atoms with Gasteiger partial charge in [-0.05, 0) is 23.8 Å². The Kier molecular flexibility index (Phi) is 4.06. The van der Waals surface area contributed by atoms with Crippen molar-refractivity contribution in [3.05, 3.63) is 50.9 Å². The lowest BCUT2D eigenvalue weighted by atomic mass is 10.1. The molecule has 134 valence electrons. The molecule has 3 N–H and O–H groups in total. The quantitative estimate of drug-likeness (QED) is 0.622. The highest BCUT2D eigenvalue weighted by Gasteiger charge is 2.17. The Balaban J connectivity index is 1.52. The summed E-state index contributed by atoms with van der Waals surface area (Å²) in [4.78, 5) is 43.0. The van der Waals surface area contributed by atoms with Gasteiger partial charge in [0.2, 0.25) is 5.82 Å². The number of nitriles is 1. The lowest BCUT2D eigenvalue weighted by Crippen LogP contribution is -2.28. The number of rotatable bonds is 3. The maximum absolute atomic E-state index is 12.3. The Morgan fingerprint density at radius 3 is 3.04 bits per heavy atom. The second-order valence-electron chi connectivity index (χ2n) is 5.71. The minimum Gasteiger partial charge on any atom is -0.482 e. The molecular weight excluding hydrogens is 370 g/mol. The number of carbonyl (C=O) groups excluding carboxylic acids is 2. The number of H-pyrrole nitrogens is 1. The standard InChI is InChI=1S/C17H11N5O4S/c18-5-9-4-10-15(24)21-14(22-17(10)27-9)16(25)19-6-8-1-2-12-11(3-8)20-13(23)7-26-12/h1-4H,6-7H2,(H,19,25)(H,20,23)(H,21,22,24). The van der Waals surface area contributed by atoms with Crippen molar-refractivity contribution in [3.63, 3.8) is 0 Å². The molecule has 0 unspecified atom stereocenters. The summed E-state index contributed by atoms with van der Waals surface area (Å²) in [5.74, 6) is -0.370. The number of hydrogen-bond acceptors (Lipinski definition) is 7. The number of hydrogen-bond donors (Lipinski definition) is 3. The number of fused-ring (bicyclic) bond motifs is 2. The maximum Gasteiger partial charge on any atom is 0.287 e. The fraction of sp³-hybridized carbons (Fsp3) is 0.118. The summed E-state index contributed by atoms with van der Waals surface area (Å²) in [6, 6.07) is 8.56. The Bertz CT molecular complexity index is 1190. The van der Waals surface area contributed by atoms with Gasteiger partial charge in [-0.2, -0.15) is 5.26 Å². The molecule has 0 saturated carbocycles. The number of ether oxygens (including phenoxy) is 1. The van der Waals surface area contributed by atoms with E-state index in [9.17, 15) is 14.4 Å². The van der Waals surface area contributed by atoms with E-state index in [0.717, 1.165) is 16.9 Å². The lowest BCUT2D eigenvalue weighted by Gasteiger charge is -2.18. The van der Waals surface area contributed by atoms with Crippen LogP contribution in [0.2, 0.25) is 0 Å². The number of aromatic nitrogens is 2. The largest absolute Gasteiger partial charge is 0.482 e. The van der Waals surface area contributed by atoms with Gasteiger partial charge in [0.1, 0.15) is 21.5 Å². The fourth-order valence-electron chi connectivity index (χ4n) is 2.60. The summed E-state index contributed by atoms with van der Waals surface area (Å²) in [6.07, 6.45) is 0. The van der Waals surface area contributed by atoms with Gasteiger partial charge >= 0.3 is 0 Å². The van der Waals surface area contributed by atoms with Gasteiger partial charge in [-0.25, -0.2) is 4.98 Å². The van der Waals surface area contributed by atoms with Crippen LogP contribution in [0.15, 0.2) is 29.1 Å². The van der Waals surface area contributed by atoms with Crippen LogP contribution in [0.3, 0.4) is 0 Å². The van der Waals surface area contributed by atoms with Gasteiger partial charge in [-0.1, -0.05) is 6.07 Å². The van der Waals surface area contributed by atoms with Crippen molar-refractivity contribution in [3.8, 4) is 11.8 Å². The van der Waals surface area contributed by atoms with E-state index in [4.69, 9.17) is 10.00 Å². The molecule has 10 heteroatoms. The Morgan fingerprint density at radius 2 is 2.22 bits per heavy atom. The molecule has 3 heterocycles. The average molecular weight is 381 g/mol. The molecule has 4 rings (SSSR count). The zero-order chi connectivity index (χ0) is 19.0. The van der Waals surface area contributed by atoms with E-state index in [1.807, 2.05) is 6.07 Å². The van der Waals surface area contributed by atoms with Crippen molar-refractivity contribution in [2.45, 2.75) is 6.54 Å². The summed E-state index contributed by atoms with van der Waals surface area (Å²) in [7, 11) is 0. The van der Waals surface area contributed by atoms with E-state index in [1.54, 1.807) is 18.2 Å². The number of nitrogens with one attached hydrogen (secondary N) is 3. The second kappa shape index (κ2) is 6.54. The highest BCUT2D eigenvalue weighted by Crippen LogP contribution is 2.28. The van der Waals surface area contributed by atoms with Crippen molar-refractivity contribution in [2.24, 2.45) is 0 Å². The molecule has 9 nitrogen and oxygen atoms in total. The van der Waals surface area contributed by atoms with Crippen LogP contribution in [0.1, 0.15) is 21.1 Å². The predicted octanol–water partition coefficient (Wildman–Crippen LogP) is 1.12. The molecule has 1 aromatic carbocycles. The number of anilines is 1. The van der Waals surface area contributed by atoms with E-state index in [-0.39, 0.29) is 30.3 Å². The highest BCUT2D eigenvalue weighted by molar-refractivity contribution is 7.19. The second-order valence-corrected chi connectivity index (χ2v) is 6.74. The van der Waals surface area contributed by atoms with Gasteiger partial charge < -0.3 is 20.4 Å². The molecule has 2 aromatic heterocycles. The van der Waals surface area contributed by atoms with E-state index < -0.39 is 11.5 Å². The molecule has 0 fully saturated rings. The minimum atomic E-state index is -0.557. The molecule has 0 radical (unpaired) electrons. The summed E-state index contributed by atoms with van der Waals surface area (Å²) in [5.41, 5.74) is 0.796. The summed E-state index contributed by atoms with van der Waals surface area (Å²) >= 11 is 1.05. The molecular formula is C17H11N5O4S. The third-order valence-corrected chi connectivity index (χ3v) is 4.79. The molecule has 0 bridgehead atoms. The highest BCUT2D eigenvalue weighted by atomic mass is 32.1. The first-order valence-electron chi connectivity index (χ1n) is 7.81. The van der Waals surface area contributed by atoms with Crippen LogP contribution < -0.4 is 20.9 Å². The molecule has 0 spiro atoms. The number of amides is 2. The Morgan fingerprint density at radius 1 is 1.37 bits per heavy atom. The smallest absolute Gasteiger partial charge is 0.287 e. The van der Waals surface area contributed by atoms with Crippen molar-refractivity contribution in [2.75, 3.05) is 11.9 Å². The topological polar surface area (TPSA) is 137 Å². The van der Waals surface area contributed by atoms with Crippen LogP contribution in [0.4, 0.5) is 5.69 Å². The monoisotopic (exact) mass is 381 g/mol. The van der Waals surface area contributed by atoms with Crippen LogP contribution in [0, 0.1) is 11.3 Å². The molecule has 2 amide bonds. The number of benzene rings is 1. The third-order valence-electron chi connectivity index (χ3n) is 3.86. The normalized spacial score (nSPS) is 12.6. The zero-order valence-corrected chi connectivity index (χ0v) is 14.5. The lowest BCUT2D eigenvalue weighted by molar-refractivity contribution is -0.118. The van der Waals surface area contributed by atoms with Crippen molar-refractivity contribution in [1.82, 2.24) is 15.3 Å². The third kappa shape index (κ3) is 3.23. The number of aromatic amines is 1. The van der Waals surface area contributed by atoms with Gasteiger partial charge in [0, 0.05) is 6.54 Å². The molecule has 1 aliphatic heterocycles. The molecule has 3 aromatic rings. The Hall–Kier alpha value is -3.71. The summed E-state index contributed by atoms with van der Waals surface area (Å²) in [5, 5.41) is 14.6. The van der Waals surface area contributed by atoms with E-state index in [0.29, 0.717) is 21.1 Å². The van der Waals surface area contributed by atoms with Crippen LogP contribution >= 0.6 is 11.3 Å². The van der Waals surface area contributed by atoms with Gasteiger partial charge in [0.15, 0.2) is 6.61 Å². The fourth-order valence-corrected chi connectivity index (χ4v) is 3.43. The number of carbonyl (C=O) groups is 2. The van der Waals surface area contributed by atoms with Crippen molar-refractivity contribution in [1.29, 1.82) is 5.26 Å². The first-order chi connectivity index (χ1) is 13.0. The van der Waals surface area contributed by atoms with Crippen LogP contribution in [0.25, 0.3) is 10.2 Å². The summed E-state index contributed by atoms with van der Waals surface area (Å²) in [6.45, 7) is 0.137. The molecule has 0 saturated heterocycles. The van der Waals surface area contributed by atoms with Crippen molar-refractivity contribution >= 4 is 39.1 Å². The first kappa shape index (κ1) is 16.7. The Labute approximate surface area is 155 Å². The van der Waals surface area contributed by atoms with Crippen molar-refractivity contribution < 1.29 is 14.3 Å². The average Bonchev–Trinajstić information content (AvgIpc) is 3.09. The van der Waals surface area contributed by atoms with E-state index in [2.05, 4.69) is 20.6 Å². The molecule has 1 aliphatic rings. The minimum absolute atomic E-state index is 0.0270. The van der Waals surface area contributed by atoms with Crippen LogP contribution in [-0.4, -0.2) is 28.4 Å². The number of thiophene rings is 1. The first-order valence-corrected chi connectivity index (χ1v) is 8.63.